The summed E-state index contributed by atoms with van der Waals surface area (Å²) in [6.45, 7) is 2.04. The molecule has 0 bridgehead atoms. The van der Waals surface area contributed by atoms with E-state index >= 15 is 0 Å². The Morgan fingerprint density at radius 2 is 1.95 bits per heavy atom. The van der Waals surface area contributed by atoms with Gasteiger partial charge in [-0.25, -0.2) is 0 Å². The SMILES string of the molecule is COc1cccc(C=NNC(=S)Nc2ccc(C)cc2)c1. The fraction of sp³-hybridized carbons (Fsp3) is 0.125. The normalized spacial score (nSPS) is 10.4. The lowest BCUT2D eigenvalue weighted by atomic mass is 10.2. The molecule has 5 heteroatoms. The van der Waals surface area contributed by atoms with E-state index in [1.165, 1.54) is 5.56 Å². The van der Waals surface area contributed by atoms with E-state index in [0.717, 1.165) is 17.0 Å². The van der Waals surface area contributed by atoms with Crippen LogP contribution in [0.3, 0.4) is 0 Å². The van der Waals surface area contributed by atoms with Crippen molar-refractivity contribution in [3.63, 3.8) is 0 Å². The highest BCUT2D eigenvalue weighted by Gasteiger charge is 1.96. The third-order valence-corrected chi connectivity index (χ3v) is 2.98. The number of nitrogens with zero attached hydrogens (tertiary/aromatic N) is 1. The third kappa shape index (κ3) is 4.89. The van der Waals surface area contributed by atoms with Crippen LogP contribution >= 0.6 is 12.2 Å². The molecule has 2 aromatic rings. The summed E-state index contributed by atoms with van der Waals surface area (Å²) >= 11 is 5.17. The standard InChI is InChI=1S/C16H17N3OS/c1-12-6-8-14(9-7-12)18-16(21)19-17-11-13-4-3-5-15(10-13)20-2/h3-11H,1-2H3,(H2,18,19,21). The van der Waals surface area contributed by atoms with Crippen LogP contribution in [0.25, 0.3) is 0 Å². The highest BCUT2D eigenvalue weighted by Crippen LogP contribution is 2.11. The van der Waals surface area contributed by atoms with Crippen molar-refractivity contribution < 1.29 is 4.74 Å². The maximum absolute atomic E-state index is 5.17. The van der Waals surface area contributed by atoms with Crippen molar-refractivity contribution >= 4 is 29.2 Å². The fourth-order valence-electron chi connectivity index (χ4n) is 1.68. The molecule has 0 aliphatic carbocycles. The molecule has 0 aromatic heterocycles. The van der Waals surface area contributed by atoms with Gasteiger partial charge in [0.05, 0.1) is 13.3 Å². The van der Waals surface area contributed by atoms with Gasteiger partial charge in [0, 0.05) is 5.69 Å². The summed E-state index contributed by atoms with van der Waals surface area (Å²) in [6, 6.07) is 15.6. The van der Waals surface area contributed by atoms with Gasteiger partial charge in [0.1, 0.15) is 5.75 Å². The zero-order chi connectivity index (χ0) is 15.1. The quantitative estimate of drug-likeness (QED) is 0.516. The topological polar surface area (TPSA) is 45.6 Å². The molecule has 0 amide bonds. The van der Waals surface area contributed by atoms with E-state index in [-0.39, 0.29) is 0 Å². The van der Waals surface area contributed by atoms with Gasteiger partial charge in [-0.05, 0) is 49.0 Å². The number of rotatable bonds is 4. The maximum Gasteiger partial charge on any atom is 0.191 e. The molecule has 0 radical (unpaired) electrons. The number of nitrogens with one attached hydrogen (secondary N) is 2. The van der Waals surface area contributed by atoms with Crippen LogP contribution in [0.15, 0.2) is 53.6 Å². The first kappa shape index (κ1) is 15.0. The summed E-state index contributed by atoms with van der Waals surface area (Å²) in [4.78, 5) is 0. The van der Waals surface area contributed by atoms with Gasteiger partial charge >= 0.3 is 0 Å². The van der Waals surface area contributed by atoms with Crippen molar-refractivity contribution in [2.75, 3.05) is 12.4 Å². The molecular weight excluding hydrogens is 282 g/mol. The van der Waals surface area contributed by atoms with Gasteiger partial charge in [-0.15, -0.1) is 0 Å². The number of methoxy groups -OCH3 is 1. The van der Waals surface area contributed by atoms with E-state index in [1.54, 1.807) is 13.3 Å². The van der Waals surface area contributed by atoms with E-state index in [0.29, 0.717) is 5.11 Å². The number of hydrogen-bond acceptors (Lipinski definition) is 3. The second-order valence-electron chi connectivity index (χ2n) is 4.47. The van der Waals surface area contributed by atoms with Crippen molar-refractivity contribution in [3.8, 4) is 5.75 Å². The minimum atomic E-state index is 0.443. The average molecular weight is 299 g/mol. The number of anilines is 1. The van der Waals surface area contributed by atoms with Crippen LogP contribution in [-0.4, -0.2) is 18.4 Å². The number of ether oxygens (including phenoxy) is 1. The first-order valence-electron chi connectivity index (χ1n) is 6.48. The Morgan fingerprint density at radius 1 is 1.19 bits per heavy atom. The van der Waals surface area contributed by atoms with E-state index < -0.39 is 0 Å². The van der Waals surface area contributed by atoms with Crippen molar-refractivity contribution in [1.82, 2.24) is 5.43 Å². The van der Waals surface area contributed by atoms with Crippen molar-refractivity contribution in [2.45, 2.75) is 6.92 Å². The maximum atomic E-state index is 5.17. The molecule has 2 rings (SSSR count). The van der Waals surface area contributed by atoms with Crippen molar-refractivity contribution in [2.24, 2.45) is 5.10 Å². The molecular formula is C16H17N3OS. The molecule has 2 aromatic carbocycles. The molecule has 0 aliphatic rings. The van der Waals surface area contributed by atoms with Crippen LogP contribution in [0.2, 0.25) is 0 Å². The van der Waals surface area contributed by atoms with Gasteiger partial charge in [-0.3, -0.25) is 5.43 Å². The molecule has 0 spiro atoms. The summed E-state index contributed by atoms with van der Waals surface area (Å²) in [6.07, 6.45) is 1.69. The second kappa shape index (κ2) is 7.40. The Hall–Kier alpha value is -2.40. The zero-order valence-electron chi connectivity index (χ0n) is 12.0. The molecule has 0 saturated carbocycles. The first-order valence-corrected chi connectivity index (χ1v) is 6.89. The van der Waals surface area contributed by atoms with Gasteiger partial charge in [-0.2, -0.15) is 5.10 Å². The van der Waals surface area contributed by atoms with Gasteiger partial charge in [-0.1, -0.05) is 29.8 Å². The van der Waals surface area contributed by atoms with Gasteiger partial charge < -0.3 is 10.1 Å². The summed E-state index contributed by atoms with van der Waals surface area (Å²) in [7, 11) is 1.63. The lowest BCUT2D eigenvalue weighted by Gasteiger charge is -2.07. The lowest BCUT2D eigenvalue weighted by molar-refractivity contribution is 0.415. The summed E-state index contributed by atoms with van der Waals surface area (Å²) in [5.74, 6) is 0.791. The van der Waals surface area contributed by atoms with Gasteiger partial charge in [0.2, 0.25) is 0 Å². The van der Waals surface area contributed by atoms with Gasteiger partial charge in [0.15, 0.2) is 5.11 Å². The average Bonchev–Trinajstić information content (AvgIpc) is 2.50. The lowest BCUT2D eigenvalue weighted by Crippen LogP contribution is -2.23. The minimum Gasteiger partial charge on any atom is -0.497 e. The smallest absolute Gasteiger partial charge is 0.191 e. The Balaban J connectivity index is 1.88. The number of hydrazone groups is 1. The molecule has 4 nitrogen and oxygen atoms in total. The van der Waals surface area contributed by atoms with E-state index in [9.17, 15) is 0 Å². The molecule has 21 heavy (non-hydrogen) atoms. The molecule has 0 saturated heterocycles. The van der Waals surface area contributed by atoms with Gasteiger partial charge in [0.25, 0.3) is 0 Å². The molecule has 0 fully saturated rings. The number of aryl methyl sites for hydroxylation is 1. The largest absolute Gasteiger partial charge is 0.497 e. The molecule has 0 unspecified atom stereocenters. The van der Waals surface area contributed by atoms with Crippen LogP contribution in [-0.2, 0) is 0 Å². The van der Waals surface area contributed by atoms with Crippen LogP contribution in [0, 0.1) is 6.92 Å². The molecule has 0 aliphatic heterocycles. The van der Waals surface area contributed by atoms with E-state index in [1.807, 2.05) is 55.5 Å². The van der Waals surface area contributed by atoms with E-state index in [4.69, 9.17) is 17.0 Å². The molecule has 0 atom stereocenters. The minimum absolute atomic E-state index is 0.443. The number of hydrogen-bond donors (Lipinski definition) is 2. The monoisotopic (exact) mass is 299 g/mol. The third-order valence-electron chi connectivity index (χ3n) is 2.78. The van der Waals surface area contributed by atoms with Crippen LogP contribution < -0.4 is 15.5 Å². The van der Waals surface area contributed by atoms with Crippen LogP contribution in [0.5, 0.6) is 5.75 Å². The van der Waals surface area contributed by atoms with Crippen molar-refractivity contribution in [3.05, 3.63) is 59.7 Å². The predicted octanol–water partition coefficient (Wildman–Crippen LogP) is 3.32. The molecule has 0 heterocycles. The highest BCUT2D eigenvalue weighted by molar-refractivity contribution is 7.80. The summed E-state index contributed by atoms with van der Waals surface area (Å²) in [5.41, 5.74) is 5.84. The van der Waals surface area contributed by atoms with Crippen molar-refractivity contribution in [1.29, 1.82) is 0 Å². The predicted molar refractivity (Wildman–Crippen MR) is 91.1 cm³/mol. The Bertz CT molecular complexity index is 638. The summed E-state index contributed by atoms with van der Waals surface area (Å²) in [5, 5.41) is 7.60. The first-order chi connectivity index (χ1) is 10.2. The Morgan fingerprint density at radius 3 is 2.67 bits per heavy atom. The Kier molecular flexibility index (Phi) is 5.29. The number of benzene rings is 2. The highest BCUT2D eigenvalue weighted by atomic mass is 32.1. The second-order valence-corrected chi connectivity index (χ2v) is 4.88. The fourth-order valence-corrected chi connectivity index (χ4v) is 1.85. The molecule has 2 N–H and O–H groups in total. The van der Waals surface area contributed by atoms with Crippen LogP contribution in [0.4, 0.5) is 5.69 Å². The molecule has 108 valence electrons. The number of thiocarbonyl (C=S) groups is 1. The zero-order valence-corrected chi connectivity index (χ0v) is 12.8. The van der Waals surface area contributed by atoms with Crippen LogP contribution in [0.1, 0.15) is 11.1 Å². The Labute approximate surface area is 129 Å². The summed E-state index contributed by atoms with van der Waals surface area (Å²) < 4.78 is 5.15. The van der Waals surface area contributed by atoms with E-state index in [2.05, 4.69) is 15.8 Å².